The van der Waals surface area contributed by atoms with Crippen LogP contribution in [0.1, 0.15) is 12.5 Å². The molecule has 3 aromatic rings. The molecule has 0 saturated carbocycles. The summed E-state index contributed by atoms with van der Waals surface area (Å²) in [5.41, 5.74) is 8.91. The number of hydrogen-bond donors (Lipinski definition) is 1. The minimum atomic E-state index is -0.369. The first-order chi connectivity index (χ1) is 10.1. The van der Waals surface area contributed by atoms with E-state index in [-0.39, 0.29) is 5.82 Å². The Hall–Kier alpha value is -1.91. The molecule has 0 bridgehead atoms. The van der Waals surface area contributed by atoms with Crippen molar-refractivity contribution in [3.8, 4) is 11.4 Å². The molecule has 0 aliphatic heterocycles. The van der Waals surface area contributed by atoms with Crippen molar-refractivity contribution in [2.75, 3.05) is 0 Å². The summed E-state index contributed by atoms with van der Waals surface area (Å²) < 4.78 is 16.2. The van der Waals surface area contributed by atoms with Crippen molar-refractivity contribution in [1.82, 2.24) is 9.55 Å². The third-order valence-electron chi connectivity index (χ3n) is 3.54. The highest BCUT2D eigenvalue weighted by atomic mass is 35.5. The fourth-order valence-corrected chi connectivity index (χ4v) is 2.66. The fraction of sp³-hybridized carbons (Fsp3) is 0.188. The molecule has 0 aliphatic carbocycles. The Morgan fingerprint density at radius 3 is 2.71 bits per heavy atom. The number of aromatic nitrogens is 2. The lowest BCUT2D eigenvalue weighted by molar-refractivity contribution is 0.628. The maximum atomic E-state index is 14.2. The van der Waals surface area contributed by atoms with Crippen LogP contribution in [0.3, 0.4) is 0 Å². The minimum Gasteiger partial charge on any atom is -0.326 e. The highest BCUT2D eigenvalue weighted by molar-refractivity contribution is 6.30. The van der Waals surface area contributed by atoms with E-state index in [9.17, 15) is 4.39 Å². The molecule has 3 nitrogen and oxygen atoms in total. The van der Waals surface area contributed by atoms with Gasteiger partial charge in [-0.3, -0.25) is 0 Å². The van der Waals surface area contributed by atoms with Crippen molar-refractivity contribution in [3.63, 3.8) is 0 Å². The first kappa shape index (κ1) is 14.0. The average molecular weight is 304 g/mol. The van der Waals surface area contributed by atoms with E-state index in [1.165, 1.54) is 6.07 Å². The number of aryl methyl sites for hydroxylation is 1. The van der Waals surface area contributed by atoms with Crippen molar-refractivity contribution < 1.29 is 4.39 Å². The zero-order chi connectivity index (χ0) is 15.0. The molecule has 0 saturated heterocycles. The molecule has 0 fully saturated rings. The summed E-state index contributed by atoms with van der Waals surface area (Å²) >= 11 is 5.82. The molecule has 108 valence electrons. The highest BCUT2D eigenvalue weighted by Crippen LogP contribution is 2.28. The summed E-state index contributed by atoms with van der Waals surface area (Å²) in [4.78, 5) is 4.58. The number of halogens is 2. The van der Waals surface area contributed by atoms with Crippen LogP contribution in [0.4, 0.5) is 4.39 Å². The second-order valence-electron chi connectivity index (χ2n) is 4.83. The molecule has 5 heteroatoms. The molecular weight excluding hydrogens is 289 g/mol. The van der Waals surface area contributed by atoms with Crippen LogP contribution in [0.25, 0.3) is 22.4 Å². The second kappa shape index (κ2) is 5.47. The van der Waals surface area contributed by atoms with Gasteiger partial charge in [-0.15, -0.1) is 0 Å². The number of benzene rings is 2. The molecule has 1 aromatic heterocycles. The maximum absolute atomic E-state index is 14.2. The molecule has 21 heavy (non-hydrogen) atoms. The Morgan fingerprint density at radius 2 is 2.05 bits per heavy atom. The van der Waals surface area contributed by atoms with Crippen LogP contribution in [0.5, 0.6) is 0 Å². The van der Waals surface area contributed by atoms with Gasteiger partial charge in [0.1, 0.15) is 11.6 Å². The van der Waals surface area contributed by atoms with Crippen LogP contribution in [0.2, 0.25) is 5.02 Å². The van der Waals surface area contributed by atoms with E-state index in [1.54, 1.807) is 12.1 Å². The van der Waals surface area contributed by atoms with E-state index in [1.807, 2.05) is 29.7 Å². The van der Waals surface area contributed by atoms with Crippen LogP contribution in [0.15, 0.2) is 36.4 Å². The van der Waals surface area contributed by atoms with Crippen molar-refractivity contribution in [1.29, 1.82) is 0 Å². The third-order valence-corrected chi connectivity index (χ3v) is 3.77. The van der Waals surface area contributed by atoms with Gasteiger partial charge in [-0.05, 0) is 42.8 Å². The van der Waals surface area contributed by atoms with Gasteiger partial charge in [0.2, 0.25) is 0 Å². The highest BCUT2D eigenvalue weighted by Gasteiger charge is 2.15. The van der Waals surface area contributed by atoms with Crippen LogP contribution in [-0.2, 0) is 13.1 Å². The van der Waals surface area contributed by atoms with Crippen molar-refractivity contribution in [2.24, 2.45) is 5.73 Å². The summed E-state index contributed by atoms with van der Waals surface area (Å²) in [7, 11) is 0. The predicted molar refractivity (Wildman–Crippen MR) is 83.7 cm³/mol. The van der Waals surface area contributed by atoms with E-state index in [2.05, 4.69) is 4.98 Å². The zero-order valence-corrected chi connectivity index (χ0v) is 12.4. The van der Waals surface area contributed by atoms with Crippen LogP contribution in [0, 0.1) is 5.82 Å². The Bertz CT molecular complexity index is 811. The molecule has 0 aliphatic rings. The molecule has 2 aromatic carbocycles. The molecule has 0 spiro atoms. The number of fused-ring (bicyclic) bond motifs is 1. The Labute approximate surface area is 127 Å². The van der Waals surface area contributed by atoms with Crippen LogP contribution >= 0.6 is 11.6 Å². The largest absolute Gasteiger partial charge is 0.326 e. The normalized spacial score (nSPS) is 11.2. The van der Waals surface area contributed by atoms with E-state index < -0.39 is 0 Å². The number of rotatable bonds is 3. The molecule has 2 N–H and O–H groups in total. The zero-order valence-electron chi connectivity index (χ0n) is 11.6. The van der Waals surface area contributed by atoms with Gasteiger partial charge in [-0.25, -0.2) is 9.37 Å². The van der Waals surface area contributed by atoms with Gasteiger partial charge in [-0.2, -0.15) is 0 Å². The lowest BCUT2D eigenvalue weighted by Gasteiger charge is -2.07. The van der Waals surface area contributed by atoms with Crippen LogP contribution in [-0.4, -0.2) is 9.55 Å². The predicted octanol–water partition coefficient (Wildman–Crippen LogP) is 3.97. The number of nitrogens with zero attached hydrogens (tertiary/aromatic N) is 2. The Balaban J connectivity index is 2.26. The smallest absolute Gasteiger partial charge is 0.144 e. The number of hydrogen-bond acceptors (Lipinski definition) is 2. The van der Waals surface area contributed by atoms with Gasteiger partial charge in [-0.1, -0.05) is 17.7 Å². The van der Waals surface area contributed by atoms with Gasteiger partial charge in [0.15, 0.2) is 0 Å². The molecule has 3 rings (SSSR count). The first-order valence-electron chi connectivity index (χ1n) is 6.78. The lowest BCUT2D eigenvalue weighted by atomic mass is 10.2. The number of imidazole rings is 1. The summed E-state index contributed by atoms with van der Waals surface area (Å²) in [6.07, 6.45) is 0. The second-order valence-corrected chi connectivity index (χ2v) is 5.27. The summed E-state index contributed by atoms with van der Waals surface area (Å²) in [5.74, 6) is 0.238. The van der Waals surface area contributed by atoms with Gasteiger partial charge in [0.25, 0.3) is 0 Å². The van der Waals surface area contributed by atoms with Gasteiger partial charge < -0.3 is 10.3 Å². The van der Waals surface area contributed by atoms with Gasteiger partial charge in [0, 0.05) is 18.1 Å². The molecule has 1 heterocycles. The van der Waals surface area contributed by atoms with E-state index >= 15 is 0 Å². The van der Waals surface area contributed by atoms with E-state index in [0.29, 0.717) is 29.5 Å². The average Bonchev–Trinajstić information content (AvgIpc) is 2.84. The van der Waals surface area contributed by atoms with E-state index in [4.69, 9.17) is 17.3 Å². The molecular formula is C16H15ClFN3. The standard InChI is InChI=1S/C16H15ClFN3/c1-2-21-15-6-3-10(9-19)7-14(15)20-16(21)12-5-4-11(17)8-13(12)18/h3-8H,2,9,19H2,1H3. The molecule has 0 unspecified atom stereocenters. The topological polar surface area (TPSA) is 43.8 Å². The van der Waals surface area contributed by atoms with Gasteiger partial charge in [0.05, 0.1) is 16.6 Å². The Morgan fingerprint density at radius 1 is 1.24 bits per heavy atom. The summed E-state index contributed by atoms with van der Waals surface area (Å²) in [6, 6.07) is 10.5. The van der Waals surface area contributed by atoms with Gasteiger partial charge >= 0.3 is 0 Å². The maximum Gasteiger partial charge on any atom is 0.144 e. The molecule has 0 atom stereocenters. The SMILES string of the molecule is CCn1c(-c2ccc(Cl)cc2F)nc2cc(CN)ccc21. The quantitative estimate of drug-likeness (QED) is 0.795. The van der Waals surface area contributed by atoms with Crippen molar-refractivity contribution >= 4 is 22.6 Å². The first-order valence-corrected chi connectivity index (χ1v) is 7.16. The Kier molecular flexibility index (Phi) is 3.66. The summed E-state index contributed by atoms with van der Waals surface area (Å²) in [6.45, 7) is 3.17. The third kappa shape index (κ3) is 2.41. The molecule has 0 radical (unpaired) electrons. The monoisotopic (exact) mass is 303 g/mol. The summed E-state index contributed by atoms with van der Waals surface area (Å²) in [5, 5.41) is 0.376. The van der Waals surface area contributed by atoms with Crippen molar-refractivity contribution in [3.05, 3.63) is 52.8 Å². The lowest BCUT2D eigenvalue weighted by Crippen LogP contribution is -1.99. The molecule has 0 amide bonds. The van der Waals surface area contributed by atoms with Crippen molar-refractivity contribution in [2.45, 2.75) is 20.0 Å². The fourth-order valence-electron chi connectivity index (χ4n) is 2.50. The van der Waals surface area contributed by atoms with Crippen LogP contribution < -0.4 is 5.73 Å². The van der Waals surface area contributed by atoms with E-state index in [0.717, 1.165) is 16.6 Å². The minimum absolute atomic E-state index is 0.369. The number of nitrogens with two attached hydrogens (primary N) is 1.